The highest BCUT2D eigenvalue weighted by molar-refractivity contribution is 6.31. The molecule has 0 saturated heterocycles. The summed E-state index contributed by atoms with van der Waals surface area (Å²) in [7, 11) is 1.51. The molecule has 0 aromatic heterocycles. The fourth-order valence-corrected chi connectivity index (χ4v) is 2.03. The molecular formula is C15H12ClN3O5. The van der Waals surface area contributed by atoms with Crippen molar-refractivity contribution in [1.29, 1.82) is 0 Å². The van der Waals surface area contributed by atoms with Crippen molar-refractivity contribution in [3.63, 3.8) is 0 Å². The van der Waals surface area contributed by atoms with E-state index in [-0.39, 0.29) is 10.6 Å². The van der Waals surface area contributed by atoms with E-state index in [0.29, 0.717) is 11.3 Å². The summed E-state index contributed by atoms with van der Waals surface area (Å²) in [4.78, 5) is 21.9. The zero-order chi connectivity index (χ0) is 17.7. The fraction of sp³-hybridized carbons (Fsp3) is 0.0667. The minimum absolute atomic E-state index is 0.00392. The van der Waals surface area contributed by atoms with Crippen LogP contribution in [0.15, 0.2) is 41.5 Å². The number of halogens is 1. The Bertz CT molecular complexity index is 806. The van der Waals surface area contributed by atoms with E-state index in [1.54, 1.807) is 24.3 Å². The summed E-state index contributed by atoms with van der Waals surface area (Å²) in [5, 5.41) is 24.3. The number of rotatable bonds is 5. The average molecular weight is 350 g/mol. The smallest absolute Gasteiger partial charge is 0.312 e. The number of methoxy groups -OCH3 is 1. The average Bonchev–Trinajstić information content (AvgIpc) is 2.57. The lowest BCUT2D eigenvalue weighted by Gasteiger charge is -2.03. The molecule has 0 unspecified atom stereocenters. The molecule has 0 aliphatic heterocycles. The van der Waals surface area contributed by atoms with E-state index in [0.717, 1.165) is 12.3 Å². The van der Waals surface area contributed by atoms with E-state index >= 15 is 0 Å². The van der Waals surface area contributed by atoms with Gasteiger partial charge in [0.05, 0.1) is 18.2 Å². The van der Waals surface area contributed by atoms with Crippen LogP contribution < -0.4 is 10.2 Å². The van der Waals surface area contributed by atoms with Gasteiger partial charge in [0, 0.05) is 22.2 Å². The number of nitro benzene ring substituents is 1. The third-order valence-corrected chi connectivity index (χ3v) is 3.22. The summed E-state index contributed by atoms with van der Waals surface area (Å²) in [5.41, 5.74) is 2.04. The predicted molar refractivity (Wildman–Crippen MR) is 87.8 cm³/mol. The van der Waals surface area contributed by atoms with E-state index in [1.807, 2.05) is 0 Å². The molecule has 0 aliphatic rings. The number of carbonyl (C=O) groups is 1. The van der Waals surface area contributed by atoms with Crippen molar-refractivity contribution in [2.24, 2.45) is 5.10 Å². The molecule has 24 heavy (non-hydrogen) atoms. The minimum atomic E-state index is -0.769. The second kappa shape index (κ2) is 7.42. The molecule has 8 nitrogen and oxygen atoms in total. The largest absolute Gasteiger partial charge is 0.502 e. The molecule has 1 amide bonds. The number of hydrazone groups is 1. The van der Waals surface area contributed by atoms with E-state index in [9.17, 15) is 20.0 Å². The highest BCUT2D eigenvalue weighted by Gasteiger charge is 2.17. The predicted octanol–water partition coefficient (Wildman–Crippen LogP) is 2.73. The van der Waals surface area contributed by atoms with Crippen LogP contribution in [0.2, 0.25) is 5.02 Å². The molecule has 0 spiro atoms. The van der Waals surface area contributed by atoms with Crippen LogP contribution >= 0.6 is 11.6 Å². The molecule has 0 saturated carbocycles. The number of hydrogen-bond acceptors (Lipinski definition) is 6. The van der Waals surface area contributed by atoms with Gasteiger partial charge >= 0.3 is 5.69 Å². The van der Waals surface area contributed by atoms with Crippen LogP contribution in [-0.4, -0.2) is 29.3 Å². The lowest BCUT2D eigenvalue weighted by atomic mass is 10.2. The van der Waals surface area contributed by atoms with E-state index in [1.165, 1.54) is 13.2 Å². The van der Waals surface area contributed by atoms with Crippen LogP contribution in [0.25, 0.3) is 0 Å². The van der Waals surface area contributed by atoms with E-state index < -0.39 is 22.3 Å². The van der Waals surface area contributed by atoms with Gasteiger partial charge in [-0.1, -0.05) is 11.6 Å². The third-order valence-electron chi connectivity index (χ3n) is 3.00. The van der Waals surface area contributed by atoms with Crippen LogP contribution in [0.5, 0.6) is 11.5 Å². The molecule has 0 aliphatic carbocycles. The van der Waals surface area contributed by atoms with Gasteiger partial charge in [-0.25, -0.2) is 5.43 Å². The summed E-state index contributed by atoms with van der Waals surface area (Å²) in [5.74, 6) is -0.483. The maximum absolute atomic E-state index is 11.9. The van der Waals surface area contributed by atoms with Gasteiger partial charge in [-0.15, -0.1) is 0 Å². The second-order valence-electron chi connectivity index (χ2n) is 4.55. The summed E-state index contributed by atoms with van der Waals surface area (Å²) in [6.07, 6.45) is 1.07. The Morgan fingerprint density at radius 1 is 1.38 bits per heavy atom. The minimum Gasteiger partial charge on any atom is -0.502 e. The summed E-state index contributed by atoms with van der Waals surface area (Å²) < 4.78 is 4.99. The van der Waals surface area contributed by atoms with Crippen molar-refractivity contribution in [2.75, 3.05) is 7.11 Å². The maximum atomic E-state index is 11.9. The number of ether oxygens (including phenoxy) is 1. The Morgan fingerprint density at radius 2 is 2.04 bits per heavy atom. The monoisotopic (exact) mass is 349 g/mol. The van der Waals surface area contributed by atoms with Crippen LogP contribution in [-0.2, 0) is 0 Å². The number of benzene rings is 2. The van der Waals surface area contributed by atoms with Gasteiger partial charge in [0.1, 0.15) is 5.75 Å². The van der Waals surface area contributed by atoms with Crippen LogP contribution in [0.3, 0.4) is 0 Å². The molecule has 2 N–H and O–H groups in total. The Kier molecular flexibility index (Phi) is 5.33. The van der Waals surface area contributed by atoms with Gasteiger partial charge in [-0.2, -0.15) is 5.10 Å². The van der Waals surface area contributed by atoms with Gasteiger partial charge in [0.25, 0.3) is 5.91 Å². The molecule has 2 aromatic carbocycles. The van der Waals surface area contributed by atoms with Crippen molar-refractivity contribution in [3.8, 4) is 11.5 Å². The highest BCUT2D eigenvalue weighted by atomic mass is 35.5. The molecular weight excluding hydrogens is 338 g/mol. The number of aromatic hydroxyl groups is 1. The fourth-order valence-electron chi connectivity index (χ4n) is 1.81. The first-order valence-corrected chi connectivity index (χ1v) is 6.94. The van der Waals surface area contributed by atoms with Crippen molar-refractivity contribution >= 4 is 29.4 Å². The van der Waals surface area contributed by atoms with Gasteiger partial charge in [-0.05, 0) is 30.3 Å². The van der Waals surface area contributed by atoms with E-state index in [2.05, 4.69) is 10.5 Å². The van der Waals surface area contributed by atoms with Crippen molar-refractivity contribution in [3.05, 3.63) is 62.7 Å². The molecule has 2 aromatic rings. The van der Waals surface area contributed by atoms with Crippen molar-refractivity contribution in [2.45, 2.75) is 0 Å². The number of nitrogens with zero attached hydrogens (tertiary/aromatic N) is 2. The summed E-state index contributed by atoms with van der Waals surface area (Å²) in [6.45, 7) is 0. The molecule has 0 atom stereocenters. The van der Waals surface area contributed by atoms with E-state index in [4.69, 9.17) is 16.3 Å². The highest BCUT2D eigenvalue weighted by Crippen LogP contribution is 2.32. The zero-order valence-corrected chi connectivity index (χ0v) is 13.1. The number of hydrogen-bond donors (Lipinski definition) is 2. The lowest BCUT2D eigenvalue weighted by Crippen LogP contribution is -2.17. The first-order chi connectivity index (χ1) is 11.4. The first kappa shape index (κ1) is 17.2. The van der Waals surface area contributed by atoms with Gasteiger partial charge in [0.15, 0.2) is 0 Å². The van der Waals surface area contributed by atoms with Gasteiger partial charge < -0.3 is 9.84 Å². The molecule has 0 fully saturated rings. The van der Waals surface area contributed by atoms with Crippen LogP contribution in [0.1, 0.15) is 15.9 Å². The molecule has 9 heteroatoms. The summed E-state index contributed by atoms with van der Waals surface area (Å²) in [6, 6.07) is 8.63. The SMILES string of the molecule is COc1ccc(C(=O)NN=Cc2cc(Cl)cc([N+](=O)[O-])c2O)cc1. The Hall–Kier alpha value is -3.13. The Labute approximate surface area is 141 Å². The Balaban J connectivity index is 2.13. The standard InChI is InChI=1S/C15H12ClN3O5/c1-24-12-4-2-9(3-5-12)15(21)18-17-8-10-6-11(16)7-13(14(10)20)19(22)23/h2-8,20H,1H3,(H,18,21). The zero-order valence-electron chi connectivity index (χ0n) is 12.4. The normalized spacial score (nSPS) is 10.6. The lowest BCUT2D eigenvalue weighted by molar-refractivity contribution is -0.385. The number of phenols is 1. The third kappa shape index (κ3) is 3.99. The summed E-state index contributed by atoms with van der Waals surface area (Å²) >= 11 is 5.76. The van der Waals surface area contributed by atoms with Gasteiger partial charge in [0.2, 0.25) is 5.75 Å². The number of carbonyl (C=O) groups excluding carboxylic acids is 1. The molecule has 0 bridgehead atoms. The quantitative estimate of drug-likeness (QED) is 0.489. The number of nitrogens with one attached hydrogen (secondary N) is 1. The maximum Gasteiger partial charge on any atom is 0.312 e. The van der Waals surface area contributed by atoms with Gasteiger partial charge in [-0.3, -0.25) is 14.9 Å². The first-order valence-electron chi connectivity index (χ1n) is 6.56. The number of nitro groups is 1. The van der Waals surface area contributed by atoms with Crippen LogP contribution in [0.4, 0.5) is 5.69 Å². The second-order valence-corrected chi connectivity index (χ2v) is 4.98. The number of amides is 1. The molecule has 0 radical (unpaired) electrons. The molecule has 0 heterocycles. The Morgan fingerprint density at radius 3 is 2.62 bits per heavy atom. The van der Waals surface area contributed by atoms with Crippen molar-refractivity contribution in [1.82, 2.24) is 5.43 Å². The molecule has 124 valence electrons. The molecule has 2 rings (SSSR count). The number of phenolic OH excluding ortho intramolecular Hbond substituents is 1. The van der Waals surface area contributed by atoms with Crippen molar-refractivity contribution < 1.29 is 19.6 Å². The van der Waals surface area contributed by atoms with Crippen LogP contribution in [0, 0.1) is 10.1 Å². The topological polar surface area (TPSA) is 114 Å².